The predicted molar refractivity (Wildman–Crippen MR) is 118 cm³/mol. The number of aromatic nitrogens is 1. The predicted octanol–water partition coefficient (Wildman–Crippen LogP) is 4.76. The van der Waals surface area contributed by atoms with E-state index in [9.17, 15) is 0 Å². The molecule has 0 spiro atoms. The standard InChI is InChI=1S/C24H30N2Si/c1-26(2)19-23(27(3,4)21-15-9-6-10-16-21)24(20-13-7-5-8-14-20)22-17-11-12-18-25-22/h5-18,23-24H,19H2,1-4H3. The molecule has 0 bridgehead atoms. The Morgan fingerprint density at radius 1 is 0.815 bits per heavy atom. The van der Waals surface area contributed by atoms with Crippen LogP contribution < -0.4 is 5.19 Å². The average Bonchev–Trinajstić information content (AvgIpc) is 2.69. The van der Waals surface area contributed by atoms with E-state index in [0.29, 0.717) is 5.54 Å². The van der Waals surface area contributed by atoms with Crippen molar-refractivity contribution in [2.24, 2.45) is 0 Å². The van der Waals surface area contributed by atoms with Gasteiger partial charge >= 0.3 is 0 Å². The Hall–Kier alpha value is -2.23. The third-order valence-corrected chi connectivity index (χ3v) is 9.77. The van der Waals surface area contributed by atoms with Crippen LogP contribution in [-0.4, -0.2) is 38.6 Å². The first kappa shape index (κ1) is 19.5. The van der Waals surface area contributed by atoms with Gasteiger partial charge in [-0.2, -0.15) is 0 Å². The Kier molecular flexibility index (Phi) is 6.25. The van der Waals surface area contributed by atoms with Crippen LogP contribution in [0.25, 0.3) is 0 Å². The van der Waals surface area contributed by atoms with Gasteiger partial charge in [0.25, 0.3) is 0 Å². The maximum absolute atomic E-state index is 4.79. The molecule has 2 atom stereocenters. The van der Waals surface area contributed by atoms with Gasteiger partial charge in [0.05, 0.1) is 8.07 Å². The largest absolute Gasteiger partial charge is 0.309 e. The summed E-state index contributed by atoms with van der Waals surface area (Å²) in [4.78, 5) is 7.13. The second kappa shape index (κ2) is 8.64. The monoisotopic (exact) mass is 374 g/mol. The van der Waals surface area contributed by atoms with E-state index in [1.807, 2.05) is 12.3 Å². The highest BCUT2D eigenvalue weighted by atomic mass is 28.3. The Bertz CT molecular complexity index is 777. The van der Waals surface area contributed by atoms with Gasteiger partial charge in [-0.05, 0) is 43.9 Å². The SMILES string of the molecule is CN(C)CC(C(c1ccccc1)c1ccccn1)[Si](C)(C)c1ccccc1. The number of hydrogen-bond acceptors (Lipinski definition) is 2. The lowest BCUT2D eigenvalue weighted by Crippen LogP contribution is -2.51. The van der Waals surface area contributed by atoms with Crippen molar-refractivity contribution in [3.63, 3.8) is 0 Å². The number of hydrogen-bond donors (Lipinski definition) is 0. The van der Waals surface area contributed by atoms with Crippen molar-refractivity contribution in [2.75, 3.05) is 20.6 Å². The molecule has 2 nitrogen and oxygen atoms in total. The molecule has 0 radical (unpaired) electrons. The van der Waals surface area contributed by atoms with E-state index in [4.69, 9.17) is 4.98 Å². The lowest BCUT2D eigenvalue weighted by molar-refractivity contribution is 0.384. The van der Waals surface area contributed by atoms with Crippen LogP contribution in [0.1, 0.15) is 17.2 Å². The smallest absolute Gasteiger partial charge is 0.0859 e. The van der Waals surface area contributed by atoms with Crippen LogP contribution in [0.2, 0.25) is 18.6 Å². The van der Waals surface area contributed by atoms with E-state index in [2.05, 4.69) is 105 Å². The molecule has 0 aliphatic carbocycles. The summed E-state index contributed by atoms with van der Waals surface area (Å²) in [5.41, 5.74) is 3.04. The van der Waals surface area contributed by atoms with E-state index >= 15 is 0 Å². The molecule has 0 aliphatic heterocycles. The molecule has 0 saturated heterocycles. The minimum absolute atomic E-state index is 0.289. The van der Waals surface area contributed by atoms with Crippen LogP contribution in [0.4, 0.5) is 0 Å². The van der Waals surface area contributed by atoms with Crippen molar-refractivity contribution in [1.82, 2.24) is 9.88 Å². The Labute approximate surface area is 164 Å². The fourth-order valence-corrected chi connectivity index (χ4v) is 7.55. The minimum Gasteiger partial charge on any atom is -0.309 e. The van der Waals surface area contributed by atoms with E-state index in [1.54, 1.807) is 0 Å². The first-order chi connectivity index (χ1) is 13.0. The topological polar surface area (TPSA) is 16.1 Å². The van der Waals surface area contributed by atoms with E-state index in [-0.39, 0.29) is 5.92 Å². The van der Waals surface area contributed by atoms with Crippen molar-refractivity contribution in [2.45, 2.75) is 24.6 Å². The van der Waals surface area contributed by atoms with Gasteiger partial charge in [0.2, 0.25) is 0 Å². The Morgan fingerprint density at radius 3 is 1.96 bits per heavy atom. The molecule has 2 aromatic carbocycles. The second-order valence-electron chi connectivity index (χ2n) is 8.10. The number of benzene rings is 2. The summed E-state index contributed by atoms with van der Waals surface area (Å²) in [5.74, 6) is 0.289. The van der Waals surface area contributed by atoms with Crippen LogP contribution in [0.3, 0.4) is 0 Å². The van der Waals surface area contributed by atoms with E-state index < -0.39 is 8.07 Å². The Morgan fingerprint density at radius 2 is 1.41 bits per heavy atom. The zero-order chi connectivity index (χ0) is 19.3. The van der Waals surface area contributed by atoms with Crippen molar-refractivity contribution in [3.8, 4) is 0 Å². The summed E-state index contributed by atoms with van der Waals surface area (Å²) in [6.45, 7) is 6.06. The number of nitrogens with zero attached hydrogens (tertiary/aromatic N) is 2. The maximum atomic E-state index is 4.79. The van der Waals surface area contributed by atoms with E-state index in [0.717, 1.165) is 6.54 Å². The summed E-state index contributed by atoms with van der Waals surface area (Å²) in [5, 5.41) is 1.51. The molecular formula is C24H30N2Si. The summed E-state index contributed by atoms with van der Waals surface area (Å²) in [6.07, 6.45) is 1.93. The van der Waals surface area contributed by atoms with Crippen molar-refractivity contribution in [3.05, 3.63) is 96.3 Å². The fraction of sp³-hybridized carbons (Fsp3) is 0.292. The quantitative estimate of drug-likeness (QED) is 0.554. The lowest BCUT2D eigenvalue weighted by atomic mass is 9.91. The summed E-state index contributed by atoms with van der Waals surface area (Å²) in [6, 6.07) is 28.3. The van der Waals surface area contributed by atoms with Crippen LogP contribution >= 0.6 is 0 Å². The fourth-order valence-electron chi connectivity index (χ4n) is 4.05. The van der Waals surface area contributed by atoms with Gasteiger partial charge in [0.15, 0.2) is 0 Å². The molecule has 0 N–H and O–H groups in total. The highest BCUT2D eigenvalue weighted by Gasteiger charge is 2.40. The number of pyridine rings is 1. The van der Waals surface area contributed by atoms with Crippen LogP contribution in [-0.2, 0) is 0 Å². The number of rotatable bonds is 7. The average molecular weight is 375 g/mol. The zero-order valence-electron chi connectivity index (χ0n) is 16.8. The highest BCUT2D eigenvalue weighted by Crippen LogP contribution is 2.41. The van der Waals surface area contributed by atoms with Crippen molar-refractivity contribution >= 4 is 13.3 Å². The van der Waals surface area contributed by atoms with Gasteiger partial charge < -0.3 is 4.90 Å². The molecule has 2 unspecified atom stereocenters. The zero-order valence-corrected chi connectivity index (χ0v) is 17.8. The molecular weight excluding hydrogens is 344 g/mol. The molecule has 3 heteroatoms. The van der Waals surface area contributed by atoms with E-state index in [1.165, 1.54) is 16.4 Å². The molecule has 0 saturated carbocycles. The summed E-state index contributed by atoms with van der Waals surface area (Å²) in [7, 11) is 2.59. The molecule has 3 rings (SSSR count). The van der Waals surface area contributed by atoms with Gasteiger partial charge in [0, 0.05) is 17.8 Å². The lowest BCUT2D eigenvalue weighted by Gasteiger charge is -2.40. The maximum Gasteiger partial charge on any atom is 0.0859 e. The van der Waals surface area contributed by atoms with Crippen molar-refractivity contribution < 1.29 is 0 Å². The minimum atomic E-state index is -1.78. The van der Waals surface area contributed by atoms with Crippen LogP contribution in [0.15, 0.2) is 85.1 Å². The third-order valence-electron chi connectivity index (χ3n) is 5.57. The molecule has 0 fully saturated rings. The summed E-state index contributed by atoms with van der Waals surface area (Å²) < 4.78 is 0. The van der Waals surface area contributed by atoms with Crippen molar-refractivity contribution in [1.29, 1.82) is 0 Å². The Balaban J connectivity index is 2.14. The highest BCUT2D eigenvalue weighted by molar-refractivity contribution is 6.91. The first-order valence-corrected chi connectivity index (χ1v) is 12.7. The third kappa shape index (κ3) is 4.55. The molecule has 1 aromatic heterocycles. The van der Waals surface area contributed by atoms with Gasteiger partial charge in [-0.3, -0.25) is 4.98 Å². The first-order valence-electron chi connectivity index (χ1n) is 9.66. The molecule has 3 aromatic rings. The van der Waals surface area contributed by atoms with Crippen LogP contribution in [0, 0.1) is 0 Å². The van der Waals surface area contributed by atoms with Crippen LogP contribution in [0.5, 0.6) is 0 Å². The molecule has 1 heterocycles. The summed E-state index contributed by atoms with van der Waals surface area (Å²) >= 11 is 0. The molecule has 0 aliphatic rings. The van der Waals surface area contributed by atoms with Gasteiger partial charge in [-0.1, -0.05) is 85.0 Å². The van der Waals surface area contributed by atoms with Gasteiger partial charge in [0.1, 0.15) is 0 Å². The molecule has 0 amide bonds. The molecule has 140 valence electrons. The second-order valence-corrected chi connectivity index (χ2v) is 12.9. The van der Waals surface area contributed by atoms with Gasteiger partial charge in [-0.25, -0.2) is 0 Å². The van der Waals surface area contributed by atoms with Gasteiger partial charge in [-0.15, -0.1) is 0 Å². The normalized spacial score (nSPS) is 14.1. The molecule has 27 heavy (non-hydrogen) atoms.